The molecule has 0 bridgehead atoms. The first-order valence-corrected chi connectivity index (χ1v) is 11.2. The van der Waals surface area contributed by atoms with Gasteiger partial charge in [0.25, 0.3) is 5.91 Å². The summed E-state index contributed by atoms with van der Waals surface area (Å²) in [5.74, 6) is -0.309. The van der Waals surface area contributed by atoms with Crippen molar-refractivity contribution in [1.82, 2.24) is 15.1 Å². The van der Waals surface area contributed by atoms with E-state index in [4.69, 9.17) is 11.6 Å². The molecular formula is C22H22ClN5O2S. The van der Waals surface area contributed by atoms with E-state index in [0.717, 1.165) is 24.0 Å². The van der Waals surface area contributed by atoms with Crippen LogP contribution in [-0.2, 0) is 0 Å². The number of likely N-dealkylation sites (tertiary alicyclic amines) is 1. The molecule has 0 radical (unpaired) electrons. The minimum absolute atomic E-state index is 0.209. The molecule has 2 heterocycles. The van der Waals surface area contributed by atoms with Crippen LogP contribution in [0, 0.1) is 13.8 Å². The smallest absolute Gasteiger partial charge is 0.320 e. The van der Waals surface area contributed by atoms with Crippen molar-refractivity contribution in [2.75, 3.05) is 17.2 Å². The minimum Gasteiger partial charge on any atom is -0.320 e. The second kappa shape index (κ2) is 9.03. The third-order valence-corrected chi connectivity index (χ3v) is 6.60. The number of nitrogens with one attached hydrogen (secondary N) is 2. The minimum atomic E-state index is -0.309. The fraction of sp³-hybridized carbons (Fsp3) is 0.273. The van der Waals surface area contributed by atoms with Crippen LogP contribution in [0.25, 0.3) is 0 Å². The topological polar surface area (TPSA) is 87.2 Å². The van der Waals surface area contributed by atoms with Crippen LogP contribution in [0.15, 0.2) is 42.5 Å². The largest absolute Gasteiger partial charge is 0.322 e. The Morgan fingerprint density at radius 1 is 1.06 bits per heavy atom. The third kappa shape index (κ3) is 4.86. The molecule has 160 valence electrons. The average Bonchev–Trinajstić information content (AvgIpc) is 3.42. The van der Waals surface area contributed by atoms with Crippen LogP contribution in [0.3, 0.4) is 0 Å². The molecule has 1 aliphatic rings. The standard InChI is InChI=1S/C22H22ClN5O2S/c1-13-5-8-15(9-6-13)24-19(29)21-27-26-20(31-21)18-4-3-11-28(18)22(30)25-16-10-7-14(2)17(23)12-16/h5-10,12,18H,3-4,11H2,1-2H3,(H,24,29)(H,25,30)/t18-/m0/s1. The maximum atomic E-state index is 12.9. The summed E-state index contributed by atoms with van der Waals surface area (Å²) in [6, 6.07) is 12.5. The summed E-state index contributed by atoms with van der Waals surface area (Å²) in [7, 11) is 0. The summed E-state index contributed by atoms with van der Waals surface area (Å²) >= 11 is 7.38. The second-order valence-electron chi connectivity index (χ2n) is 7.51. The molecular weight excluding hydrogens is 434 g/mol. The Kier molecular flexibility index (Phi) is 6.20. The van der Waals surface area contributed by atoms with Gasteiger partial charge in [-0.2, -0.15) is 0 Å². The van der Waals surface area contributed by atoms with Gasteiger partial charge >= 0.3 is 6.03 Å². The van der Waals surface area contributed by atoms with E-state index in [-0.39, 0.29) is 23.0 Å². The molecule has 1 aromatic heterocycles. The number of rotatable bonds is 4. The molecule has 3 amide bonds. The van der Waals surface area contributed by atoms with Gasteiger partial charge in [0.05, 0.1) is 6.04 Å². The fourth-order valence-corrected chi connectivity index (χ4v) is 4.48. The van der Waals surface area contributed by atoms with E-state index >= 15 is 0 Å². The predicted molar refractivity (Wildman–Crippen MR) is 123 cm³/mol. The van der Waals surface area contributed by atoms with Crippen LogP contribution < -0.4 is 10.6 Å². The zero-order valence-electron chi connectivity index (χ0n) is 17.2. The van der Waals surface area contributed by atoms with E-state index in [1.807, 2.05) is 50.2 Å². The highest BCUT2D eigenvalue weighted by molar-refractivity contribution is 7.13. The Morgan fingerprint density at radius 3 is 2.55 bits per heavy atom. The number of aromatic nitrogens is 2. The number of hydrogen-bond donors (Lipinski definition) is 2. The molecule has 2 aromatic carbocycles. The summed E-state index contributed by atoms with van der Waals surface area (Å²) in [5.41, 5.74) is 3.40. The molecule has 7 nitrogen and oxygen atoms in total. The highest BCUT2D eigenvalue weighted by Crippen LogP contribution is 2.34. The molecule has 0 unspecified atom stereocenters. The zero-order chi connectivity index (χ0) is 22.0. The lowest BCUT2D eigenvalue weighted by Crippen LogP contribution is -2.34. The van der Waals surface area contributed by atoms with Crippen LogP contribution in [0.1, 0.15) is 44.8 Å². The van der Waals surface area contributed by atoms with Crippen molar-refractivity contribution in [3.63, 3.8) is 0 Å². The maximum absolute atomic E-state index is 12.9. The Hall–Kier alpha value is -2.97. The van der Waals surface area contributed by atoms with Gasteiger partial charge in [-0.05, 0) is 56.5 Å². The van der Waals surface area contributed by atoms with Crippen molar-refractivity contribution in [3.8, 4) is 0 Å². The summed E-state index contributed by atoms with van der Waals surface area (Å²) in [4.78, 5) is 27.1. The molecule has 9 heteroatoms. The number of hydrogen-bond acceptors (Lipinski definition) is 5. The predicted octanol–water partition coefficient (Wildman–Crippen LogP) is 5.43. The van der Waals surface area contributed by atoms with Crippen LogP contribution in [0.4, 0.5) is 16.2 Å². The Morgan fingerprint density at radius 2 is 1.81 bits per heavy atom. The third-order valence-electron chi connectivity index (χ3n) is 5.17. The molecule has 4 rings (SSSR count). The molecule has 1 aliphatic heterocycles. The zero-order valence-corrected chi connectivity index (χ0v) is 18.8. The summed E-state index contributed by atoms with van der Waals surface area (Å²) < 4.78 is 0. The number of nitrogens with zero attached hydrogens (tertiary/aromatic N) is 3. The summed E-state index contributed by atoms with van der Waals surface area (Å²) in [6.45, 7) is 4.51. The molecule has 0 aliphatic carbocycles. The van der Waals surface area contributed by atoms with E-state index in [2.05, 4.69) is 20.8 Å². The van der Waals surface area contributed by atoms with Gasteiger partial charge < -0.3 is 15.5 Å². The lowest BCUT2D eigenvalue weighted by Gasteiger charge is -2.23. The van der Waals surface area contributed by atoms with Crippen molar-refractivity contribution in [3.05, 3.63) is 68.6 Å². The van der Waals surface area contributed by atoms with E-state index in [9.17, 15) is 9.59 Å². The number of aryl methyl sites for hydroxylation is 2. The van der Waals surface area contributed by atoms with Crippen molar-refractivity contribution in [2.45, 2.75) is 32.7 Å². The van der Waals surface area contributed by atoms with Gasteiger partial charge in [-0.1, -0.05) is 46.7 Å². The summed E-state index contributed by atoms with van der Waals surface area (Å²) in [5, 5.41) is 15.5. The maximum Gasteiger partial charge on any atom is 0.322 e. The number of amides is 3. The molecule has 0 saturated carbocycles. The first-order valence-electron chi connectivity index (χ1n) is 9.96. The van der Waals surface area contributed by atoms with Crippen molar-refractivity contribution in [1.29, 1.82) is 0 Å². The van der Waals surface area contributed by atoms with Crippen LogP contribution in [0.5, 0.6) is 0 Å². The van der Waals surface area contributed by atoms with E-state index in [1.165, 1.54) is 11.3 Å². The molecule has 0 spiro atoms. The van der Waals surface area contributed by atoms with Gasteiger partial charge in [-0.15, -0.1) is 10.2 Å². The molecule has 3 aromatic rings. The van der Waals surface area contributed by atoms with Gasteiger partial charge in [-0.25, -0.2) is 4.79 Å². The lowest BCUT2D eigenvalue weighted by atomic mass is 10.2. The van der Waals surface area contributed by atoms with Gasteiger partial charge in [0, 0.05) is 22.9 Å². The Labute approximate surface area is 189 Å². The second-order valence-corrected chi connectivity index (χ2v) is 8.93. The first kappa shape index (κ1) is 21.3. The van der Waals surface area contributed by atoms with Gasteiger partial charge in [-0.3, -0.25) is 4.79 Å². The monoisotopic (exact) mass is 455 g/mol. The van der Waals surface area contributed by atoms with E-state index < -0.39 is 0 Å². The average molecular weight is 456 g/mol. The molecule has 31 heavy (non-hydrogen) atoms. The highest BCUT2D eigenvalue weighted by Gasteiger charge is 2.33. The van der Waals surface area contributed by atoms with Crippen molar-refractivity contribution >= 4 is 46.3 Å². The quantitative estimate of drug-likeness (QED) is 0.549. The van der Waals surface area contributed by atoms with Crippen LogP contribution in [0.2, 0.25) is 5.02 Å². The summed E-state index contributed by atoms with van der Waals surface area (Å²) in [6.07, 6.45) is 1.63. The number of benzene rings is 2. The van der Waals surface area contributed by atoms with Crippen molar-refractivity contribution in [2.24, 2.45) is 0 Å². The molecule has 1 fully saturated rings. The van der Waals surface area contributed by atoms with E-state index in [1.54, 1.807) is 11.0 Å². The van der Waals surface area contributed by atoms with Gasteiger partial charge in [0.15, 0.2) is 0 Å². The molecule has 1 saturated heterocycles. The Bertz CT molecular complexity index is 1120. The number of carbonyl (C=O) groups is 2. The molecule has 2 N–H and O–H groups in total. The number of urea groups is 1. The van der Waals surface area contributed by atoms with Crippen molar-refractivity contribution < 1.29 is 9.59 Å². The molecule has 1 atom stereocenters. The first-order chi connectivity index (χ1) is 14.9. The number of carbonyl (C=O) groups excluding carboxylic acids is 2. The van der Waals surface area contributed by atoms with Gasteiger partial charge in [0.1, 0.15) is 5.01 Å². The SMILES string of the molecule is Cc1ccc(NC(=O)c2nnc([C@@H]3CCCN3C(=O)Nc3ccc(C)c(Cl)c3)s2)cc1. The fourth-order valence-electron chi connectivity index (χ4n) is 3.41. The lowest BCUT2D eigenvalue weighted by molar-refractivity contribution is 0.102. The number of anilines is 2. The number of halogens is 1. The highest BCUT2D eigenvalue weighted by atomic mass is 35.5. The Balaban J connectivity index is 1.44. The van der Waals surface area contributed by atoms with Crippen LogP contribution >= 0.6 is 22.9 Å². The van der Waals surface area contributed by atoms with Crippen LogP contribution in [-0.4, -0.2) is 33.6 Å². The van der Waals surface area contributed by atoms with E-state index in [0.29, 0.717) is 27.9 Å². The normalized spacial score (nSPS) is 15.7. The van der Waals surface area contributed by atoms with Gasteiger partial charge in [0.2, 0.25) is 5.01 Å².